The monoisotopic (exact) mass is 187 g/mol. The van der Waals surface area contributed by atoms with Crippen molar-refractivity contribution in [3.8, 4) is 17.0 Å². The third kappa shape index (κ3) is 1.64. The van der Waals surface area contributed by atoms with E-state index in [0.29, 0.717) is 11.4 Å². The zero-order valence-electron chi connectivity index (χ0n) is 7.38. The van der Waals surface area contributed by atoms with Gasteiger partial charge in [-0.05, 0) is 30.3 Å². The maximum Gasteiger partial charge on any atom is 0.115 e. The first kappa shape index (κ1) is 8.50. The van der Waals surface area contributed by atoms with E-state index in [0.717, 1.165) is 5.56 Å². The Morgan fingerprint density at radius 3 is 2.50 bits per heavy atom. The van der Waals surface area contributed by atoms with Crippen molar-refractivity contribution < 1.29 is 5.11 Å². The van der Waals surface area contributed by atoms with Crippen LogP contribution >= 0.6 is 0 Å². The van der Waals surface area contributed by atoms with Crippen molar-refractivity contribution in [3.63, 3.8) is 0 Å². The lowest BCUT2D eigenvalue weighted by atomic mass is 10.1. The summed E-state index contributed by atoms with van der Waals surface area (Å²) in [7, 11) is 0. The number of anilines is 1. The third-order valence-electron chi connectivity index (χ3n) is 1.84. The molecule has 1 heterocycles. The first-order valence-electron chi connectivity index (χ1n) is 4.13. The number of nitrogens with two attached hydrogens (primary N) is 1. The average molecular weight is 187 g/mol. The zero-order valence-corrected chi connectivity index (χ0v) is 7.38. The van der Waals surface area contributed by atoms with Crippen molar-refractivity contribution >= 4 is 5.69 Å². The van der Waals surface area contributed by atoms with Crippen LogP contribution in [0, 0.1) is 0 Å². The molecule has 0 radical (unpaired) electrons. The van der Waals surface area contributed by atoms with Crippen LogP contribution in [-0.2, 0) is 0 Å². The van der Waals surface area contributed by atoms with Crippen molar-refractivity contribution in [2.24, 2.45) is 0 Å². The summed E-state index contributed by atoms with van der Waals surface area (Å²) in [6, 6.07) is 8.46. The molecule has 0 aliphatic heterocycles. The maximum absolute atomic E-state index is 9.10. The van der Waals surface area contributed by atoms with Gasteiger partial charge in [-0.25, -0.2) is 0 Å². The fraction of sp³-hybridized carbons (Fsp3) is 0. The predicted octanol–water partition coefficient (Wildman–Crippen LogP) is 1.43. The summed E-state index contributed by atoms with van der Waals surface area (Å²) in [5.74, 6) is 0.227. The van der Waals surface area contributed by atoms with E-state index in [4.69, 9.17) is 10.8 Å². The molecule has 14 heavy (non-hydrogen) atoms. The number of hydrogen-bond donors (Lipinski definition) is 2. The van der Waals surface area contributed by atoms with Crippen LogP contribution in [0.15, 0.2) is 36.5 Å². The Morgan fingerprint density at radius 2 is 1.86 bits per heavy atom. The van der Waals surface area contributed by atoms with Gasteiger partial charge in [0.25, 0.3) is 0 Å². The highest BCUT2D eigenvalue weighted by atomic mass is 16.3. The largest absolute Gasteiger partial charge is 0.508 e. The summed E-state index contributed by atoms with van der Waals surface area (Å²) in [5, 5.41) is 16.8. The highest BCUT2D eigenvalue weighted by Gasteiger charge is 1.99. The molecule has 0 aliphatic carbocycles. The normalized spacial score (nSPS) is 10.0. The molecule has 0 aliphatic rings. The Balaban J connectivity index is 2.44. The number of rotatable bonds is 1. The number of aromatic hydroxyl groups is 1. The molecule has 1 aromatic heterocycles. The standard InChI is InChI=1S/C10H9N3O/c11-8-5-10(13-12-6-8)7-1-3-9(14)4-2-7/h1-6,14H,(H2,11,13). The van der Waals surface area contributed by atoms with Crippen molar-refractivity contribution in [2.45, 2.75) is 0 Å². The minimum absolute atomic E-state index is 0.227. The van der Waals surface area contributed by atoms with E-state index in [9.17, 15) is 0 Å². The van der Waals surface area contributed by atoms with Gasteiger partial charge in [-0.2, -0.15) is 10.2 Å². The third-order valence-corrected chi connectivity index (χ3v) is 1.84. The Labute approximate surface area is 81.0 Å². The van der Waals surface area contributed by atoms with E-state index in [1.807, 2.05) is 0 Å². The molecule has 0 amide bonds. The smallest absolute Gasteiger partial charge is 0.115 e. The minimum atomic E-state index is 0.227. The topological polar surface area (TPSA) is 72.0 Å². The second-order valence-corrected chi connectivity index (χ2v) is 2.92. The molecule has 0 saturated heterocycles. The maximum atomic E-state index is 9.10. The Hall–Kier alpha value is -2.10. The van der Waals surface area contributed by atoms with Gasteiger partial charge >= 0.3 is 0 Å². The highest BCUT2D eigenvalue weighted by molar-refractivity contribution is 5.62. The average Bonchev–Trinajstić information content (AvgIpc) is 2.19. The van der Waals surface area contributed by atoms with Gasteiger partial charge in [0.1, 0.15) is 5.75 Å². The first-order valence-corrected chi connectivity index (χ1v) is 4.13. The molecular formula is C10H9N3O. The molecule has 0 atom stereocenters. The molecule has 0 saturated carbocycles. The van der Waals surface area contributed by atoms with Crippen LogP contribution in [-0.4, -0.2) is 15.3 Å². The van der Waals surface area contributed by atoms with Gasteiger partial charge in [0.2, 0.25) is 0 Å². The molecule has 2 rings (SSSR count). The molecule has 0 fully saturated rings. The Morgan fingerprint density at radius 1 is 1.14 bits per heavy atom. The van der Waals surface area contributed by atoms with E-state index in [1.165, 1.54) is 6.20 Å². The lowest BCUT2D eigenvalue weighted by Crippen LogP contribution is -1.91. The van der Waals surface area contributed by atoms with Crippen LogP contribution in [0.25, 0.3) is 11.3 Å². The lowest BCUT2D eigenvalue weighted by Gasteiger charge is -2.00. The van der Waals surface area contributed by atoms with E-state index in [1.54, 1.807) is 30.3 Å². The molecule has 0 bridgehead atoms. The van der Waals surface area contributed by atoms with Gasteiger partial charge in [0.05, 0.1) is 17.6 Å². The fourth-order valence-electron chi connectivity index (χ4n) is 1.15. The predicted molar refractivity (Wildman–Crippen MR) is 53.5 cm³/mol. The van der Waals surface area contributed by atoms with Gasteiger partial charge in [0, 0.05) is 5.56 Å². The zero-order chi connectivity index (χ0) is 9.97. The Kier molecular flexibility index (Phi) is 2.02. The molecule has 4 nitrogen and oxygen atoms in total. The molecule has 4 heteroatoms. The van der Waals surface area contributed by atoms with Crippen molar-refractivity contribution in [1.82, 2.24) is 10.2 Å². The van der Waals surface area contributed by atoms with Crippen LogP contribution in [0.5, 0.6) is 5.75 Å². The van der Waals surface area contributed by atoms with E-state index in [-0.39, 0.29) is 5.75 Å². The summed E-state index contributed by atoms with van der Waals surface area (Å²) in [6.07, 6.45) is 1.49. The van der Waals surface area contributed by atoms with Crippen LogP contribution in [0.3, 0.4) is 0 Å². The van der Waals surface area contributed by atoms with E-state index >= 15 is 0 Å². The minimum Gasteiger partial charge on any atom is -0.508 e. The van der Waals surface area contributed by atoms with E-state index < -0.39 is 0 Å². The number of phenols is 1. The van der Waals surface area contributed by atoms with Gasteiger partial charge in [0.15, 0.2) is 0 Å². The quantitative estimate of drug-likeness (QED) is 0.708. The van der Waals surface area contributed by atoms with Crippen molar-refractivity contribution in [1.29, 1.82) is 0 Å². The summed E-state index contributed by atoms with van der Waals surface area (Å²) in [4.78, 5) is 0. The number of benzene rings is 1. The second-order valence-electron chi connectivity index (χ2n) is 2.92. The summed E-state index contributed by atoms with van der Waals surface area (Å²) in [6.45, 7) is 0. The van der Waals surface area contributed by atoms with Gasteiger partial charge in [-0.15, -0.1) is 0 Å². The van der Waals surface area contributed by atoms with Crippen LogP contribution in [0.1, 0.15) is 0 Å². The number of nitrogen functional groups attached to an aromatic ring is 1. The first-order chi connectivity index (χ1) is 6.75. The number of phenolic OH excluding ortho intramolecular Hbond substituents is 1. The number of aromatic nitrogens is 2. The Bertz CT molecular complexity index is 439. The summed E-state index contributed by atoms with van der Waals surface area (Å²) in [5.41, 5.74) is 7.72. The van der Waals surface area contributed by atoms with E-state index in [2.05, 4.69) is 10.2 Å². The van der Waals surface area contributed by atoms with Crippen LogP contribution < -0.4 is 5.73 Å². The van der Waals surface area contributed by atoms with Crippen molar-refractivity contribution in [3.05, 3.63) is 36.5 Å². The van der Waals surface area contributed by atoms with Crippen LogP contribution in [0.4, 0.5) is 5.69 Å². The summed E-state index contributed by atoms with van der Waals surface area (Å²) >= 11 is 0. The molecule has 70 valence electrons. The van der Waals surface area contributed by atoms with Gasteiger partial charge < -0.3 is 10.8 Å². The van der Waals surface area contributed by atoms with Crippen LogP contribution in [0.2, 0.25) is 0 Å². The molecule has 3 N–H and O–H groups in total. The van der Waals surface area contributed by atoms with Crippen molar-refractivity contribution in [2.75, 3.05) is 5.73 Å². The summed E-state index contributed by atoms with van der Waals surface area (Å²) < 4.78 is 0. The second kappa shape index (κ2) is 3.33. The number of hydrogen-bond acceptors (Lipinski definition) is 4. The molecular weight excluding hydrogens is 178 g/mol. The number of nitrogens with zero attached hydrogens (tertiary/aromatic N) is 2. The molecule has 2 aromatic rings. The molecule has 1 aromatic carbocycles. The molecule has 0 unspecified atom stereocenters. The molecule has 0 spiro atoms. The fourth-order valence-corrected chi connectivity index (χ4v) is 1.15. The highest BCUT2D eigenvalue weighted by Crippen LogP contribution is 2.20. The van der Waals surface area contributed by atoms with Gasteiger partial charge in [-0.3, -0.25) is 0 Å². The SMILES string of the molecule is Nc1cnnc(-c2ccc(O)cc2)c1. The van der Waals surface area contributed by atoms with Gasteiger partial charge in [-0.1, -0.05) is 0 Å². The lowest BCUT2D eigenvalue weighted by molar-refractivity contribution is 0.475.